The molecule has 1 amide bonds. The normalized spacial score (nSPS) is 14.5. The van der Waals surface area contributed by atoms with Crippen molar-refractivity contribution in [2.75, 3.05) is 18.4 Å². The third-order valence-electron chi connectivity index (χ3n) is 3.85. The van der Waals surface area contributed by atoms with Gasteiger partial charge in [0, 0.05) is 24.4 Å². The molecule has 1 aromatic heterocycles. The fourth-order valence-electron chi connectivity index (χ4n) is 2.52. The molecule has 0 aliphatic carbocycles. The number of aromatic hydroxyl groups is 1. The Hall–Kier alpha value is -1.05. The van der Waals surface area contributed by atoms with Gasteiger partial charge in [0.2, 0.25) is 0 Å². The van der Waals surface area contributed by atoms with Crippen LogP contribution in [0.1, 0.15) is 27.9 Å². The highest BCUT2D eigenvalue weighted by Crippen LogP contribution is 2.39. The molecule has 1 aromatic carbocycles. The van der Waals surface area contributed by atoms with Gasteiger partial charge in [-0.05, 0) is 12.6 Å². The zero-order valence-electron chi connectivity index (χ0n) is 12.7. The van der Waals surface area contributed by atoms with Crippen molar-refractivity contribution in [1.29, 1.82) is 0 Å². The maximum atomic E-state index is 12.5. The smallest absolute Gasteiger partial charge is 0.262 e. The van der Waals surface area contributed by atoms with Crippen LogP contribution in [0.25, 0.3) is 0 Å². The number of nitrogens with zero attached hydrogens (tertiary/aromatic N) is 2. The number of hydrogen-bond acceptors (Lipinski definition) is 5. The number of thiazole rings is 1. The maximum Gasteiger partial charge on any atom is 0.262 e. The minimum Gasteiger partial charge on any atom is -0.505 e. The van der Waals surface area contributed by atoms with Crippen molar-refractivity contribution in [3.8, 4) is 5.75 Å². The van der Waals surface area contributed by atoms with E-state index in [1.54, 1.807) is 0 Å². The first-order valence-electron chi connectivity index (χ1n) is 7.29. The maximum absolute atomic E-state index is 12.5. The minimum atomic E-state index is -0.597. The molecule has 3 rings (SSSR count). The highest BCUT2D eigenvalue weighted by Gasteiger charge is 2.24. The van der Waals surface area contributed by atoms with Crippen molar-refractivity contribution in [1.82, 2.24) is 9.88 Å². The van der Waals surface area contributed by atoms with Crippen LogP contribution in [0.4, 0.5) is 5.13 Å². The summed E-state index contributed by atoms with van der Waals surface area (Å²) in [5, 5.41) is 13.2. The van der Waals surface area contributed by atoms with Gasteiger partial charge in [-0.25, -0.2) is 4.98 Å². The van der Waals surface area contributed by atoms with E-state index in [0.717, 1.165) is 36.6 Å². The molecule has 2 N–H and O–H groups in total. The van der Waals surface area contributed by atoms with E-state index < -0.39 is 11.7 Å². The summed E-state index contributed by atoms with van der Waals surface area (Å²) in [6.45, 7) is 4.87. The molecule has 0 fully saturated rings. The average molecular weight is 407 g/mol. The van der Waals surface area contributed by atoms with Gasteiger partial charge in [-0.2, -0.15) is 0 Å². The number of amides is 1. The van der Waals surface area contributed by atoms with Gasteiger partial charge in [-0.15, -0.1) is 11.3 Å². The van der Waals surface area contributed by atoms with Crippen LogP contribution < -0.4 is 5.32 Å². The van der Waals surface area contributed by atoms with E-state index in [0.29, 0.717) is 5.13 Å². The molecular weight excluding hydrogens is 393 g/mol. The number of hydrogen-bond donors (Lipinski definition) is 2. The molecule has 0 spiro atoms. The Morgan fingerprint density at radius 2 is 2.17 bits per heavy atom. The van der Waals surface area contributed by atoms with Crippen LogP contribution in [-0.2, 0) is 13.0 Å². The van der Waals surface area contributed by atoms with Crippen molar-refractivity contribution >= 4 is 57.2 Å². The lowest BCUT2D eigenvalue weighted by Gasteiger charge is -2.23. The number of phenols is 1. The molecule has 2 heterocycles. The van der Waals surface area contributed by atoms with Gasteiger partial charge in [-0.1, -0.05) is 41.7 Å². The second-order valence-electron chi connectivity index (χ2n) is 5.34. The number of anilines is 1. The summed E-state index contributed by atoms with van der Waals surface area (Å²) in [6.07, 6.45) is 0.852. The molecule has 5 nitrogen and oxygen atoms in total. The van der Waals surface area contributed by atoms with Crippen LogP contribution in [0.15, 0.2) is 6.07 Å². The van der Waals surface area contributed by atoms with Crippen LogP contribution >= 0.6 is 46.1 Å². The predicted molar refractivity (Wildman–Crippen MR) is 97.9 cm³/mol. The summed E-state index contributed by atoms with van der Waals surface area (Å²) in [4.78, 5) is 20.4. The zero-order valence-corrected chi connectivity index (χ0v) is 15.8. The lowest BCUT2D eigenvalue weighted by Crippen LogP contribution is -2.29. The number of nitrogens with one attached hydrogen (secondary N) is 1. The Morgan fingerprint density at radius 3 is 2.88 bits per heavy atom. The first kappa shape index (κ1) is 17.8. The van der Waals surface area contributed by atoms with Crippen LogP contribution in [0, 0.1) is 0 Å². The second kappa shape index (κ2) is 7.06. The quantitative estimate of drug-likeness (QED) is 0.740. The van der Waals surface area contributed by atoms with E-state index in [4.69, 9.17) is 34.8 Å². The van der Waals surface area contributed by atoms with Gasteiger partial charge in [0.15, 0.2) is 5.13 Å². The van der Waals surface area contributed by atoms with Crippen molar-refractivity contribution in [3.63, 3.8) is 0 Å². The van der Waals surface area contributed by atoms with Crippen molar-refractivity contribution in [3.05, 3.63) is 37.3 Å². The fraction of sp³-hybridized carbons (Fsp3) is 0.333. The molecule has 9 heteroatoms. The Bertz CT molecular complexity index is 783. The number of carbonyl (C=O) groups is 1. The highest BCUT2D eigenvalue weighted by molar-refractivity contribution is 7.15. The lowest BCUT2D eigenvalue weighted by atomic mass is 10.2. The predicted octanol–water partition coefficient (Wildman–Crippen LogP) is 4.44. The third-order valence-corrected chi connectivity index (χ3v) is 5.92. The number of rotatable bonds is 3. The van der Waals surface area contributed by atoms with Crippen molar-refractivity contribution in [2.45, 2.75) is 19.9 Å². The molecule has 2 aromatic rings. The number of benzene rings is 1. The highest BCUT2D eigenvalue weighted by atomic mass is 35.5. The van der Waals surface area contributed by atoms with Gasteiger partial charge >= 0.3 is 0 Å². The third kappa shape index (κ3) is 3.34. The molecule has 0 bridgehead atoms. The van der Waals surface area contributed by atoms with E-state index >= 15 is 0 Å². The summed E-state index contributed by atoms with van der Waals surface area (Å²) in [7, 11) is 0. The Kier molecular flexibility index (Phi) is 5.22. The molecule has 24 heavy (non-hydrogen) atoms. The van der Waals surface area contributed by atoms with Crippen molar-refractivity contribution in [2.24, 2.45) is 0 Å². The second-order valence-corrected chi connectivity index (χ2v) is 7.62. The summed E-state index contributed by atoms with van der Waals surface area (Å²) in [5.74, 6) is -0.998. The molecule has 0 atom stereocenters. The first-order valence-corrected chi connectivity index (χ1v) is 9.24. The van der Waals surface area contributed by atoms with Crippen LogP contribution in [0.3, 0.4) is 0 Å². The molecule has 0 unspecified atom stereocenters. The van der Waals surface area contributed by atoms with Crippen LogP contribution in [0.5, 0.6) is 5.75 Å². The number of carbonyl (C=O) groups excluding carboxylic acids is 1. The van der Waals surface area contributed by atoms with Gasteiger partial charge in [-0.3, -0.25) is 15.0 Å². The van der Waals surface area contributed by atoms with Crippen LogP contribution in [0.2, 0.25) is 15.1 Å². The van der Waals surface area contributed by atoms with Crippen LogP contribution in [-0.4, -0.2) is 34.0 Å². The molecule has 1 aliphatic rings. The van der Waals surface area contributed by atoms with E-state index in [1.165, 1.54) is 17.4 Å². The minimum absolute atomic E-state index is 0.0356. The van der Waals surface area contributed by atoms with E-state index in [1.807, 2.05) is 0 Å². The fourth-order valence-corrected chi connectivity index (χ4v) is 4.26. The van der Waals surface area contributed by atoms with E-state index in [-0.39, 0.29) is 20.6 Å². The standard InChI is InChI=1S/C15H14Cl3N3O2S/c1-2-21-4-3-9-10(6-21)24-15(19-9)20-14(23)11-12(18)7(16)5-8(17)13(11)22/h5,22H,2-4,6H2,1H3,(H,19,20,23). The van der Waals surface area contributed by atoms with Gasteiger partial charge in [0.1, 0.15) is 11.3 Å². The average Bonchev–Trinajstić information content (AvgIpc) is 2.94. The number of halogens is 3. The van der Waals surface area contributed by atoms with Gasteiger partial charge < -0.3 is 5.11 Å². The van der Waals surface area contributed by atoms with Crippen molar-refractivity contribution < 1.29 is 9.90 Å². The number of fused-ring (bicyclic) bond motifs is 1. The largest absolute Gasteiger partial charge is 0.505 e. The molecule has 0 saturated heterocycles. The lowest BCUT2D eigenvalue weighted by molar-refractivity contribution is 0.102. The Balaban J connectivity index is 1.86. The number of likely N-dealkylation sites (N-methyl/N-ethyl adjacent to an activating group) is 1. The molecular formula is C15H14Cl3N3O2S. The summed E-state index contributed by atoms with van der Waals surface area (Å²) < 4.78 is 0. The summed E-state index contributed by atoms with van der Waals surface area (Å²) >= 11 is 19.2. The summed E-state index contributed by atoms with van der Waals surface area (Å²) in [5.41, 5.74) is 0.844. The van der Waals surface area contributed by atoms with Gasteiger partial charge in [0.25, 0.3) is 5.91 Å². The molecule has 1 aliphatic heterocycles. The van der Waals surface area contributed by atoms with E-state index in [2.05, 4.69) is 22.1 Å². The number of phenolic OH excluding ortho intramolecular Hbond substituents is 1. The SMILES string of the molecule is CCN1CCc2nc(NC(=O)c3c(O)c(Cl)cc(Cl)c3Cl)sc2C1. The molecule has 0 radical (unpaired) electrons. The molecule has 128 valence electrons. The topological polar surface area (TPSA) is 65.5 Å². The first-order chi connectivity index (χ1) is 11.4. The molecule has 0 saturated carbocycles. The Labute approximate surface area is 158 Å². The van der Waals surface area contributed by atoms with Gasteiger partial charge in [0.05, 0.1) is 20.8 Å². The zero-order chi connectivity index (χ0) is 17.4. The van der Waals surface area contributed by atoms with E-state index in [9.17, 15) is 9.90 Å². The summed E-state index contributed by atoms with van der Waals surface area (Å²) in [6, 6.07) is 1.29. The monoisotopic (exact) mass is 405 g/mol. The number of aromatic nitrogens is 1. The Morgan fingerprint density at radius 1 is 1.42 bits per heavy atom.